The molecule has 30 heavy (non-hydrogen) atoms. The van der Waals surface area contributed by atoms with Crippen molar-refractivity contribution in [1.82, 2.24) is 24.9 Å². The summed E-state index contributed by atoms with van der Waals surface area (Å²) in [5, 5.41) is 17.1. The normalized spacial score (nSPS) is 11.6. The van der Waals surface area contributed by atoms with Crippen LogP contribution in [0.2, 0.25) is 5.02 Å². The molecule has 0 bridgehead atoms. The molecule has 2 N–H and O–H groups in total. The zero-order chi connectivity index (χ0) is 21.3. The summed E-state index contributed by atoms with van der Waals surface area (Å²) in [6, 6.07) is 9.47. The van der Waals surface area contributed by atoms with Crippen LogP contribution in [-0.2, 0) is 5.41 Å². The van der Waals surface area contributed by atoms with Gasteiger partial charge in [-0.2, -0.15) is 0 Å². The van der Waals surface area contributed by atoms with Crippen molar-refractivity contribution < 1.29 is 4.79 Å². The minimum atomic E-state index is -0.276. The van der Waals surface area contributed by atoms with E-state index < -0.39 is 0 Å². The topological polar surface area (TPSA) is 84.2 Å². The highest BCUT2D eigenvalue weighted by Gasteiger charge is 2.25. The van der Waals surface area contributed by atoms with Gasteiger partial charge in [0.15, 0.2) is 0 Å². The standard InChI is InChI=1S/C21H21ClN6OS/c1-21(2,19-14(22)5-4-8-24-19)12-25-17-7-6-15(26-27-17)13-9-18-28(10-13)16(11-30-18)20(29)23-3/h4-11H,12H2,1-3H3,(H,23,29)(H,25,27). The summed E-state index contributed by atoms with van der Waals surface area (Å²) in [5.41, 5.74) is 2.81. The van der Waals surface area contributed by atoms with Crippen molar-refractivity contribution in [2.45, 2.75) is 19.3 Å². The second-order valence-corrected chi connectivity index (χ2v) is 8.81. The molecule has 154 valence electrons. The lowest BCUT2D eigenvalue weighted by Gasteiger charge is -2.25. The maximum absolute atomic E-state index is 12.0. The van der Waals surface area contributed by atoms with Gasteiger partial charge in [0, 0.05) is 42.3 Å². The molecule has 1 amide bonds. The number of amides is 1. The molecule has 7 nitrogen and oxygen atoms in total. The van der Waals surface area contributed by atoms with Crippen molar-refractivity contribution in [3.8, 4) is 11.3 Å². The molecule has 4 aromatic heterocycles. The van der Waals surface area contributed by atoms with Gasteiger partial charge in [-0.15, -0.1) is 21.5 Å². The van der Waals surface area contributed by atoms with Crippen LogP contribution >= 0.6 is 22.9 Å². The van der Waals surface area contributed by atoms with Gasteiger partial charge < -0.3 is 15.0 Å². The van der Waals surface area contributed by atoms with E-state index in [9.17, 15) is 4.79 Å². The minimum absolute atomic E-state index is 0.121. The van der Waals surface area contributed by atoms with Gasteiger partial charge in [0.2, 0.25) is 0 Å². The van der Waals surface area contributed by atoms with Gasteiger partial charge in [0.25, 0.3) is 5.91 Å². The molecule has 0 unspecified atom stereocenters. The van der Waals surface area contributed by atoms with Crippen LogP contribution < -0.4 is 10.6 Å². The Balaban J connectivity index is 1.49. The molecule has 0 atom stereocenters. The molecule has 9 heteroatoms. The van der Waals surface area contributed by atoms with E-state index in [2.05, 4.69) is 39.7 Å². The number of carbonyl (C=O) groups is 1. The maximum Gasteiger partial charge on any atom is 0.268 e. The van der Waals surface area contributed by atoms with Crippen LogP contribution in [0.5, 0.6) is 0 Å². The molecule has 0 radical (unpaired) electrons. The summed E-state index contributed by atoms with van der Waals surface area (Å²) in [6.07, 6.45) is 3.65. The first-order valence-corrected chi connectivity index (χ1v) is 10.7. The van der Waals surface area contributed by atoms with Crippen LogP contribution in [0, 0.1) is 0 Å². The minimum Gasteiger partial charge on any atom is -0.368 e. The lowest BCUT2D eigenvalue weighted by molar-refractivity contribution is 0.0957. The first kappa shape index (κ1) is 20.3. The lowest BCUT2D eigenvalue weighted by atomic mass is 9.88. The van der Waals surface area contributed by atoms with Crippen LogP contribution in [0.15, 0.2) is 48.1 Å². The number of aromatic nitrogens is 4. The summed E-state index contributed by atoms with van der Waals surface area (Å²) >= 11 is 7.81. The molecule has 4 rings (SSSR count). The third-order valence-corrected chi connectivity index (χ3v) is 6.07. The molecule has 4 aromatic rings. The van der Waals surface area contributed by atoms with E-state index in [1.165, 1.54) is 11.3 Å². The SMILES string of the molecule is CNC(=O)c1csc2cc(-c3ccc(NCC(C)(C)c4ncccc4Cl)nn3)cn12. The molecule has 0 saturated heterocycles. The van der Waals surface area contributed by atoms with Gasteiger partial charge in [-0.05, 0) is 30.3 Å². The van der Waals surface area contributed by atoms with Gasteiger partial charge in [-0.25, -0.2) is 0 Å². The Bertz CT molecular complexity index is 1200. The highest BCUT2D eigenvalue weighted by molar-refractivity contribution is 7.15. The quantitative estimate of drug-likeness (QED) is 0.468. The molecule has 0 aliphatic heterocycles. The zero-order valence-electron chi connectivity index (χ0n) is 16.8. The van der Waals surface area contributed by atoms with Gasteiger partial charge in [-0.3, -0.25) is 9.78 Å². The Morgan fingerprint density at radius 2 is 2.10 bits per heavy atom. The van der Waals surface area contributed by atoms with Crippen LogP contribution in [0.3, 0.4) is 0 Å². The molecule has 0 saturated carbocycles. The van der Waals surface area contributed by atoms with E-state index in [-0.39, 0.29) is 11.3 Å². The number of halogens is 1. The maximum atomic E-state index is 12.0. The van der Waals surface area contributed by atoms with Gasteiger partial charge in [0.1, 0.15) is 16.3 Å². The molecule has 4 heterocycles. The van der Waals surface area contributed by atoms with Crippen LogP contribution in [0.4, 0.5) is 5.82 Å². The fourth-order valence-electron chi connectivity index (χ4n) is 3.19. The highest BCUT2D eigenvalue weighted by Crippen LogP contribution is 2.29. The summed E-state index contributed by atoms with van der Waals surface area (Å²) in [7, 11) is 1.62. The molecule has 0 fully saturated rings. The summed E-state index contributed by atoms with van der Waals surface area (Å²) < 4.78 is 1.87. The Kier molecular flexibility index (Phi) is 5.44. The molecule has 0 spiro atoms. The average Bonchev–Trinajstić information content (AvgIpc) is 3.33. The van der Waals surface area contributed by atoms with E-state index in [1.807, 2.05) is 46.3 Å². The van der Waals surface area contributed by atoms with Crippen molar-refractivity contribution in [3.63, 3.8) is 0 Å². The van der Waals surface area contributed by atoms with Crippen LogP contribution in [-0.4, -0.2) is 39.1 Å². The molecule has 0 aliphatic carbocycles. The largest absolute Gasteiger partial charge is 0.368 e. The van der Waals surface area contributed by atoms with Crippen molar-refractivity contribution >= 4 is 39.5 Å². The second kappa shape index (κ2) is 8.04. The Morgan fingerprint density at radius 3 is 2.80 bits per heavy atom. The van der Waals surface area contributed by atoms with E-state index in [4.69, 9.17) is 11.6 Å². The first-order valence-electron chi connectivity index (χ1n) is 9.40. The fraction of sp³-hybridized carbons (Fsp3) is 0.238. The predicted molar refractivity (Wildman–Crippen MR) is 120 cm³/mol. The number of thiazole rings is 1. The number of fused-ring (bicyclic) bond motifs is 1. The third kappa shape index (κ3) is 3.88. The lowest BCUT2D eigenvalue weighted by Crippen LogP contribution is -2.29. The van der Waals surface area contributed by atoms with E-state index in [0.717, 1.165) is 21.8 Å². The smallest absolute Gasteiger partial charge is 0.268 e. The number of carbonyl (C=O) groups excluding carboxylic acids is 1. The van der Waals surface area contributed by atoms with Crippen molar-refractivity contribution in [2.24, 2.45) is 0 Å². The summed E-state index contributed by atoms with van der Waals surface area (Å²) in [4.78, 5) is 17.4. The third-order valence-electron chi connectivity index (χ3n) is 4.87. The number of nitrogens with one attached hydrogen (secondary N) is 2. The fourth-order valence-corrected chi connectivity index (χ4v) is 4.48. The predicted octanol–water partition coefficient (Wildman–Crippen LogP) is 4.26. The number of anilines is 1. The van der Waals surface area contributed by atoms with Gasteiger partial charge >= 0.3 is 0 Å². The van der Waals surface area contributed by atoms with Gasteiger partial charge in [0.05, 0.1) is 16.4 Å². The highest BCUT2D eigenvalue weighted by atomic mass is 35.5. The van der Waals surface area contributed by atoms with Gasteiger partial charge in [-0.1, -0.05) is 25.4 Å². The Hall–Kier alpha value is -2.97. The van der Waals surface area contributed by atoms with Crippen molar-refractivity contribution in [2.75, 3.05) is 18.9 Å². The number of hydrogen-bond donors (Lipinski definition) is 2. The molecule has 0 aromatic carbocycles. The van der Waals surface area contributed by atoms with Crippen molar-refractivity contribution in [3.05, 3.63) is 64.5 Å². The number of pyridine rings is 1. The summed E-state index contributed by atoms with van der Waals surface area (Å²) in [6.45, 7) is 4.76. The zero-order valence-corrected chi connectivity index (χ0v) is 18.4. The van der Waals surface area contributed by atoms with E-state index in [1.54, 1.807) is 13.2 Å². The number of rotatable bonds is 6. The summed E-state index contributed by atoms with van der Waals surface area (Å²) in [5.74, 6) is 0.551. The molecule has 0 aliphatic rings. The number of nitrogens with zero attached hydrogens (tertiary/aromatic N) is 4. The number of hydrogen-bond acceptors (Lipinski definition) is 6. The second-order valence-electron chi connectivity index (χ2n) is 7.51. The molecular weight excluding hydrogens is 420 g/mol. The first-order chi connectivity index (χ1) is 14.4. The Morgan fingerprint density at radius 1 is 1.27 bits per heavy atom. The monoisotopic (exact) mass is 440 g/mol. The molecular formula is C21H21ClN6OS. The van der Waals surface area contributed by atoms with E-state index >= 15 is 0 Å². The van der Waals surface area contributed by atoms with Crippen LogP contribution in [0.1, 0.15) is 30.0 Å². The Labute approximate surface area is 183 Å². The average molecular weight is 441 g/mol. The van der Waals surface area contributed by atoms with Crippen molar-refractivity contribution in [1.29, 1.82) is 0 Å². The van der Waals surface area contributed by atoms with Crippen LogP contribution in [0.25, 0.3) is 16.1 Å². The van der Waals surface area contributed by atoms with E-state index in [0.29, 0.717) is 23.1 Å².